The van der Waals surface area contributed by atoms with E-state index in [-0.39, 0.29) is 11.5 Å². The average molecular weight is 329 g/mol. The molecule has 0 aliphatic carbocycles. The number of rotatable bonds is 5. The number of nitrogens with two attached hydrogens (primary N) is 1. The van der Waals surface area contributed by atoms with Crippen molar-refractivity contribution in [2.24, 2.45) is 0 Å². The van der Waals surface area contributed by atoms with Crippen LogP contribution in [0.3, 0.4) is 0 Å². The maximum Gasteiger partial charge on any atom is 0.146 e. The van der Waals surface area contributed by atoms with Crippen molar-refractivity contribution in [3.63, 3.8) is 0 Å². The molecule has 0 saturated carbocycles. The maximum atomic E-state index is 13.2. The Labute approximate surface area is 142 Å². The highest BCUT2D eigenvalue weighted by atomic mass is 19.1. The molecule has 128 valence electrons. The Hall–Kier alpha value is -2.11. The lowest BCUT2D eigenvalue weighted by Gasteiger charge is -2.34. The number of ether oxygens (including phenoxy) is 1. The number of nitrogen functional groups attached to an aromatic ring is 1. The van der Waals surface area contributed by atoms with Crippen LogP contribution in [0.15, 0.2) is 42.5 Å². The lowest BCUT2D eigenvalue weighted by Crippen LogP contribution is -2.45. The smallest absolute Gasteiger partial charge is 0.146 e. The number of halogens is 1. The second-order valence-electron chi connectivity index (χ2n) is 6.26. The van der Waals surface area contributed by atoms with Crippen molar-refractivity contribution in [1.29, 1.82) is 0 Å². The normalized spacial score (nSPS) is 16.2. The highest BCUT2D eigenvalue weighted by Crippen LogP contribution is 2.17. The average Bonchev–Trinajstić information content (AvgIpc) is 2.61. The molecule has 0 bridgehead atoms. The van der Waals surface area contributed by atoms with Gasteiger partial charge in [-0.3, -0.25) is 9.80 Å². The van der Waals surface area contributed by atoms with Gasteiger partial charge in [0.15, 0.2) is 0 Å². The summed E-state index contributed by atoms with van der Waals surface area (Å²) in [5.41, 5.74) is 8.24. The molecule has 4 nitrogen and oxygen atoms in total. The van der Waals surface area contributed by atoms with Crippen molar-refractivity contribution in [2.75, 3.05) is 39.0 Å². The van der Waals surface area contributed by atoms with Gasteiger partial charge in [-0.25, -0.2) is 4.39 Å². The van der Waals surface area contributed by atoms with Crippen molar-refractivity contribution in [3.8, 4) is 5.75 Å². The van der Waals surface area contributed by atoms with E-state index in [4.69, 9.17) is 10.5 Å². The van der Waals surface area contributed by atoms with Gasteiger partial charge in [0.2, 0.25) is 0 Å². The zero-order chi connectivity index (χ0) is 16.9. The fraction of sp³-hybridized carbons (Fsp3) is 0.368. The highest BCUT2D eigenvalue weighted by Gasteiger charge is 2.17. The first-order chi connectivity index (χ1) is 11.6. The molecule has 0 unspecified atom stereocenters. The Morgan fingerprint density at radius 3 is 2.00 bits per heavy atom. The first-order valence-corrected chi connectivity index (χ1v) is 8.25. The number of nitrogens with zero attached hydrogens (tertiary/aromatic N) is 2. The molecule has 1 aliphatic rings. The van der Waals surface area contributed by atoms with E-state index < -0.39 is 0 Å². The highest BCUT2D eigenvalue weighted by molar-refractivity contribution is 5.42. The lowest BCUT2D eigenvalue weighted by molar-refractivity contribution is 0.122. The van der Waals surface area contributed by atoms with Crippen LogP contribution in [0.5, 0.6) is 5.75 Å². The molecular weight excluding hydrogens is 305 g/mol. The van der Waals surface area contributed by atoms with Crippen LogP contribution in [0.2, 0.25) is 0 Å². The summed E-state index contributed by atoms with van der Waals surface area (Å²) in [6.45, 7) is 5.86. The topological polar surface area (TPSA) is 41.7 Å². The molecule has 0 aromatic heterocycles. The van der Waals surface area contributed by atoms with Crippen LogP contribution in [0.1, 0.15) is 11.1 Å². The number of benzene rings is 2. The second-order valence-corrected chi connectivity index (χ2v) is 6.26. The molecule has 1 fully saturated rings. The van der Waals surface area contributed by atoms with Crippen molar-refractivity contribution >= 4 is 5.69 Å². The predicted molar refractivity (Wildman–Crippen MR) is 94.4 cm³/mol. The zero-order valence-corrected chi connectivity index (χ0v) is 14.0. The van der Waals surface area contributed by atoms with E-state index in [1.54, 1.807) is 13.2 Å². The van der Waals surface area contributed by atoms with Crippen LogP contribution in [0, 0.1) is 5.82 Å². The third-order valence-corrected chi connectivity index (χ3v) is 4.50. The molecule has 0 spiro atoms. The van der Waals surface area contributed by atoms with Crippen molar-refractivity contribution in [3.05, 3.63) is 59.4 Å². The Bertz CT molecular complexity index is 667. The molecule has 2 N–H and O–H groups in total. The summed E-state index contributed by atoms with van der Waals surface area (Å²) in [4.78, 5) is 4.84. The van der Waals surface area contributed by atoms with Gasteiger partial charge in [-0.05, 0) is 35.4 Å². The van der Waals surface area contributed by atoms with E-state index in [2.05, 4.69) is 21.9 Å². The van der Waals surface area contributed by atoms with Gasteiger partial charge in [0.1, 0.15) is 11.6 Å². The molecule has 5 heteroatoms. The first-order valence-electron chi connectivity index (χ1n) is 8.25. The van der Waals surface area contributed by atoms with Crippen LogP contribution < -0.4 is 10.5 Å². The fourth-order valence-electron chi connectivity index (χ4n) is 3.04. The van der Waals surface area contributed by atoms with Crippen LogP contribution in [-0.2, 0) is 13.1 Å². The Morgan fingerprint density at radius 1 is 0.917 bits per heavy atom. The van der Waals surface area contributed by atoms with Gasteiger partial charge in [-0.1, -0.05) is 18.2 Å². The molecule has 0 amide bonds. The van der Waals surface area contributed by atoms with Crippen molar-refractivity contribution in [2.45, 2.75) is 13.1 Å². The van der Waals surface area contributed by atoms with E-state index in [0.717, 1.165) is 50.6 Å². The number of methoxy groups -OCH3 is 1. The third-order valence-electron chi connectivity index (χ3n) is 4.50. The summed E-state index contributed by atoms with van der Waals surface area (Å²) in [5.74, 6) is 0.546. The van der Waals surface area contributed by atoms with Crippen LogP contribution >= 0.6 is 0 Å². The van der Waals surface area contributed by atoms with E-state index in [1.165, 1.54) is 11.6 Å². The SMILES string of the molecule is COc1ccc(CN2CCN(Cc3ccc(F)c(N)c3)CC2)cc1. The van der Waals surface area contributed by atoms with Gasteiger partial charge in [0.25, 0.3) is 0 Å². The predicted octanol–water partition coefficient (Wildman–Crippen LogP) is 2.73. The van der Waals surface area contributed by atoms with Gasteiger partial charge in [-0.15, -0.1) is 0 Å². The molecule has 1 saturated heterocycles. The van der Waals surface area contributed by atoms with Gasteiger partial charge in [0.05, 0.1) is 12.8 Å². The maximum absolute atomic E-state index is 13.2. The van der Waals surface area contributed by atoms with Gasteiger partial charge in [-0.2, -0.15) is 0 Å². The summed E-state index contributed by atoms with van der Waals surface area (Å²) >= 11 is 0. The molecule has 1 heterocycles. The van der Waals surface area contributed by atoms with Crippen LogP contribution in [0.4, 0.5) is 10.1 Å². The molecule has 0 radical (unpaired) electrons. The van der Waals surface area contributed by atoms with E-state index >= 15 is 0 Å². The Balaban J connectivity index is 1.49. The number of anilines is 1. The summed E-state index contributed by atoms with van der Waals surface area (Å²) in [5, 5.41) is 0. The van der Waals surface area contributed by atoms with Crippen LogP contribution in [0.25, 0.3) is 0 Å². The van der Waals surface area contributed by atoms with E-state index in [1.807, 2.05) is 18.2 Å². The minimum Gasteiger partial charge on any atom is -0.497 e. The number of hydrogen-bond donors (Lipinski definition) is 1. The minimum absolute atomic E-state index is 0.227. The lowest BCUT2D eigenvalue weighted by atomic mass is 10.1. The summed E-state index contributed by atoms with van der Waals surface area (Å²) in [6, 6.07) is 13.2. The van der Waals surface area contributed by atoms with Crippen molar-refractivity contribution in [1.82, 2.24) is 9.80 Å². The first kappa shape index (κ1) is 16.7. The quantitative estimate of drug-likeness (QED) is 0.857. The van der Waals surface area contributed by atoms with Crippen LogP contribution in [-0.4, -0.2) is 43.1 Å². The summed E-state index contributed by atoms with van der Waals surface area (Å²) in [6.07, 6.45) is 0. The molecular formula is C19H24FN3O. The molecule has 1 aliphatic heterocycles. The molecule has 3 rings (SSSR count). The standard InChI is InChI=1S/C19H24FN3O/c1-24-17-5-2-15(3-6-17)13-22-8-10-23(11-9-22)14-16-4-7-18(20)19(21)12-16/h2-7,12H,8-11,13-14,21H2,1H3. The molecule has 24 heavy (non-hydrogen) atoms. The largest absolute Gasteiger partial charge is 0.497 e. The molecule has 2 aromatic rings. The Morgan fingerprint density at radius 2 is 1.46 bits per heavy atom. The van der Waals surface area contributed by atoms with Gasteiger partial charge < -0.3 is 10.5 Å². The summed E-state index contributed by atoms with van der Waals surface area (Å²) in [7, 11) is 1.68. The van der Waals surface area contributed by atoms with E-state index in [0.29, 0.717) is 0 Å². The second kappa shape index (κ2) is 7.64. The van der Waals surface area contributed by atoms with E-state index in [9.17, 15) is 4.39 Å². The van der Waals surface area contributed by atoms with Crippen molar-refractivity contribution < 1.29 is 9.13 Å². The number of piperazine rings is 1. The fourth-order valence-corrected chi connectivity index (χ4v) is 3.04. The van der Waals surface area contributed by atoms with Gasteiger partial charge in [0, 0.05) is 39.3 Å². The number of hydrogen-bond acceptors (Lipinski definition) is 4. The third kappa shape index (κ3) is 4.24. The Kier molecular flexibility index (Phi) is 5.33. The molecule has 0 atom stereocenters. The van der Waals surface area contributed by atoms with Gasteiger partial charge >= 0.3 is 0 Å². The molecule has 2 aromatic carbocycles. The summed E-state index contributed by atoms with van der Waals surface area (Å²) < 4.78 is 18.4. The monoisotopic (exact) mass is 329 g/mol. The minimum atomic E-state index is -0.344. The zero-order valence-electron chi connectivity index (χ0n) is 14.0.